The van der Waals surface area contributed by atoms with Gasteiger partial charge in [-0.3, -0.25) is 0 Å². The fraction of sp³-hybridized carbons (Fsp3) is 0.500. The Morgan fingerprint density at radius 3 is 2.76 bits per heavy atom. The Labute approximate surface area is 101 Å². The first-order valence-electron chi connectivity index (χ1n) is 5.69. The van der Waals surface area contributed by atoms with E-state index in [1.165, 1.54) is 6.07 Å². The molecule has 2 unspecified atom stereocenters. The molecule has 0 saturated carbocycles. The van der Waals surface area contributed by atoms with Crippen LogP contribution in [0.4, 0.5) is 4.39 Å². The van der Waals surface area contributed by atoms with Crippen LogP contribution in [0.15, 0.2) is 24.3 Å². The molecule has 5 heteroatoms. The SMILES string of the molecule is CC1CCS(=O)(=O)CC(c2ccccc2F)N1. The van der Waals surface area contributed by atoms with Crippen LogP contribution in [-0.2, 0) is 9.84 Å². The van der Waals surface area contributed by atoms with E-state index in [0.29, 0.717) is 12.0 Å². The molecule has 0 aromatic heterocycles. The van der Waals surface area contributed by atoms with Crippen molar-refractivity contribution < 1.29 is 12.8 Å². The monoisotopic (exact) mass is 257 g/mol. The van der Waals surface area contributed by atoms with Crippen LogP contribution in [0.2, 0.25) is 0 Å². The maximum Gasteiger partial charge on any atom is 0.152 e. The minimum Gasteiger partial charge on any atom is -0.306 e. The highest BCUT2D eigenvalue weighted by Crippen LogP contribution is 2.22. The average molecular weight is 257 g/mol. The lowest BCUT2D eigenvalue weighted by atomic mass is 10.1. The Morgan fingerprint density at radius 1 is 1.35 bits per heavy atom. The molecule has 1 aromatic carbocycles. The molecule has 1 heterocycles. The van der Waals surface area contributed by atoms with Crippen LogP contribution in [-0.4, -0.2) is 26.0 Å². The summed E-state index contributed by atoms with van der Waals surface area (Å²) in [7, 11) is -3.10. The quantitative estimate of drug-likeness (QED) is 0.832. The molecular weight excluding hydrogens is 241 g/mol. The topological polar surface area (TPSA) is 46.2 Å². The number of sulfone groups is 1. The van der Waals surface area contributed by atoms with Gasteiger partial charge in [-0.25, -0.2) is 12.8 Å². The van der Waals surface area contributed by atoms with E-state index in [0.717, 1.165) is 0 Å². The number of hydrogen-bond donors (Lipinski definition) is 1. The molecule has 2 atom stereocenters. The lowest BCUT2D eigenvalue weighted by Crippen LogP contribution is -2.31. The second-order valence-electron chi connectivity index (χ2n) is 4.54. The van der Waals surface area contributed by atoms with E-state index in [1.807, 2.05) is 6.92 Å². The van der Waals surface area contributed by atoms with E-state index in [-0.39, 0.29) is 23.4 Å². The fourth-order valence-corrected chi connectivity index (χ4v) is 3.77. The largest absolute Gasteiger partial charge is 0.306 e. The number of benzene rings is 1. The van der Waals surface area contributed by atoms with Gasteiger partial charge in [0.2, 0.25) is 0 Å². The second-order valence-corrected chi connectivity index (χ2v) is 6.77. The van der Waals surface area contributed by atoms with E-state index < -0.39 is 15.9 Å². The molecule has 0 bridgehead atoms. The van der Waals surface area contributed by atoms with Crippen molar-refractivity contribution >= 4 is 9.84 Å². The highest BCUT2D eigenvalue weighted by molar-refractivity contribution is 7.91. The summed E-state index contributed by atoms with van der Waals surface area (Å²) in [6.45, 7) is 1.93. The average Bonchev–Trinajstić information content (AvgIpc) is 2.38. The Bertz CT molecular complexity index is 501. The van der Waals surface area contributed by atoms with E-state index in [1.54, 1.807) is 18.2 Å². The normalized spacial score (nSPS) is 28.6. The van der Waals surface area contributed by atoms with Crippen molar-refractivity contribution in [3.8, 4) is 0 Å². The summed E-state index contributed by atoms with van der Waals surface area (Å²) >= 11 is 0. The van der Waals surface area contributed by atoms with Gasteiger partial charge in [0.25, 0.3) is 0 Å². The van der Waals surface area contributed by atoms with Gasteiger partial charge < -0.3 is 5.32 Å². The van der Waals surface area contributed by atoms with Crippen LogP contribution in [0, 0.1) is 5.82 Å². The maximum absolute atomic E-state index is 13.7. The molecule has 2 rings (SSSR count). The van der Waals surface area contributed by atoms with Crippen molar-refractivity contribution in [1.82, 2.24) is 5.32 Å². The van der Waals surface area contributed by atoms with Gasteiger partial charge in [-0.05, 0) is 19.4 Å². The molecule has 1 aliphatic rings. The van der Waals surface area contributed by atoms with Crippen molar-refractivity contribution in [2.45, 2.75) is 25.4 Å². The van der Waals surface area contributed by atoms with Gasteiger partial charge in [-0.2, -0.15) is 0 Å². The zero-order valence-corrected chi connectivity index (χ0v) is 10.5. The number of rotatable bonds is 1. The van der Waals surface area contributed by atoms with Gasteiger partial charge in [0.15, 0.2) is 9.84 Å². The Kier molecular flexibility index (Phi) is 3.49. The van der Waals surface area contributed by atoms with Gasteiger partial charge >= 0.3 is 0 Å². The summed E-state index contributed by atoms with van der Waals surface area (Å²) in [5.74, 6) is -0.209. The smallest absolute Gasteiger partial charge is 0.152 e. The molecular formula is C12H16FNO2S. The van der Waals surface area contributed by atoms with Crippen LogP contribution in [0.1, 0.15) is 24.9 Å². The van der Waals surface area contributed by atoms with Crippen LogP contribution >= 0.6 is 0 Å². The van der Waals surface area contributed by atoms with Gasteiger partial charge in [-0.1, -0.05) is 18.2 Å². The fourth-order valence-electron chi connectivity index (χ4n) is 2.11. The Hall–Kier alpha value is -0.940. The molecule has 17 heavy (non-hydrogen) atoms. The minimum absolute atomic E-state index is 0.0295. The number of nitrogens with one attached hydrogen (secondary N) is 1. The van der Waals surface area contributed by atoms with Crippen LogP contribution in [0.25, 0.3) is 0 Å². The number of halogens is 1. The zero-order valence-electron chi connectivity index (χ0n) is 9.69. The molecule has 3 nitrogen and oxygen atoms in total. The van der Waals surface area contributed by atoms with Crippen molar-refractivity contribution in [3.05, 3.63) is 35.6 Å². The molecule has 1 aliphatic heterocycles. The molecule has 0 aliphatic carbocycles. The molecule has 1 N–H and O–H groups in total. The van der Waals surface area contributed by atoms with Crippen molar-refractivity contribution in [1.29, 1.82) is 0 Å². The summed E-state index contributed by atoms with van der Waals surface area (Å²) in [6.07, 6.45) is 0.577. The standard InChI is InChI=1S/C12H16FNO2S/c1-9-6-7-17(15,16)8-12(14-9)10-4-2-3-5-11(10)13/h2-5,9,12,14H,6-8H2,1H3. The maximum atomic E-state index is 13.7. The first kappa shape index (κ1) is 12.5. The highest BCUT2D eigenvalue weighted by Gasteiger charge is 2.28. The van der Waals surface area contributed by atoms with Crippen molar-refractivity contribution in [2.75, 3.05) is 11.5 Å². The highest BCUT2D eigenvalue weighted by atomic mass is 32.2. The van der Waals surface area contributed by atoms with Crippen LogP contribution in [0.3, 0.4) is 0 Å². The number of hydrogen-bond acceptors (Lipinski definition) is 3. The third-order valence-corrected chi connectivity index (χ3v) is 4.75. The molecule has 0 amide bonds. The molecule has 0 spiro atoms. The van der Waals surface area contributed by atoms with Crippen LogP contribution < -0.4 is 5.32 Å². The van der Waals surface area contributed by atoms with Crippen molar-refractivity contribution in [2.24, 2.45) is 0 Å². The molecule has 1 aromatic rings. The predicted octanol–water partition coefficient (Wildman–Crippen LogP) is 1.66. The summed E-state index contributed by atoms with van der Waals surface area (Å²) in [6, 6.07) is 5.96. The summed E-state index contributed by atoms with van der Waals surface area (Å²) in [5, 5.41) is 3.17. The van der Waals surface area contributed by atoms with E-state index >= 15 is 0 Å². The van der Waals surface area contributed by atoms with Gasteiger partial charge in [-0.15, -0.1) is 0 Å². The minimum atomic E-state index is -3.10. The van der Waals surface area contributed by atoms with Crippen LogP contribution in [0.5, 0.6) is 0 Å². The Morgan fingerprint density at radius 2 is 2.06 bits per heavy atom. The van der Waals surface area contributed by atoms with E-state index in [2.05, 4.69) is 5.32 Å². The third-order valence-electron chi connectivity index (χ3n) is 3.05. The third kappa shape index (κ3) is 3.04. The summed E-state index contributed by atoms with van der Waals surface area (Å²) < 4.78 is 37.1. The Balaban J connectivity index is 2.33. The second kappa shape index (κ2) is 4.74. The summed E-state index contributed by atoms with van der Waals surface area (Å²) in [4.78, 5) is 0. The molecule has 1 fully saturated rings. The molecule has 0 radical (unpaired) electrons. The summed E-state index contributed by atoms with van der Waals surface area (Å²) in [5.41, 5.74) is 0.435. The van der Waals surface area contributed by atoms with Gasteiger partial charge in [0.05, 0.1) is 11.5 Å². The molecule has 1 saturated heterocycles. The lowest BCUT2D eigenvalue weighted by molar-refractivity contribution is 0.467. The van der Waals surface area contributed by atoms with Gasteiger partial charge in [0, 0.05) is 17.6 Å². The first-order valence-corrected chi connectivity index (χ1v) is 7.51. The lowest BCUT2D eigenvalue weighted by Gasteiger charge is -2.19. The molecule has 94 valence electrons. The van der Waals surface area contributed by atoms with E-state index in [4.69, 9.17) is 0 Å². The van der Waals surface area contributed by atoms with Gasteiger partial charge in [0.1, 0.15) is 5.82 Å². The first-order chi connectivity index (χ1) is 7.98. The predicted molar refractivity (Wildman–Crippen MR) is 65.0 cm³/mol. The van der Waals surface area contributed by atoms with Crippen molar-refractivity contribution in [3.63, 3.8) is 0 Å². The zero-order chi connectivity index (χ0) is 12.5. The van der Waals surface area contributed by atoms with E-state index in [9.17, 15) is 12.8 Å².